The summed E-state index contributed by atoms with van der Waals surface area (Å²) in [5.74, 6) is -0.102. The van der Waals surface area contributed by atoms with E-state index >= 15 is 0 Å². The van der Waals surface area contributed by atoms with E-state index in [0.29, 0.717) is 5.56 Å². The van der Waals surface area contributed by atoms with Gasteiger partial charge in [0.15, 0.2) is 0 Å². The second-order valence-electron chi connectivity index (χ2n) is 4.92. The molecule has 3 N–H and O–H groups in total. The highest BCUT2D eigenvalue weighted by atomic mass is 35.5. The van der Waals surface area contributed by atoms with Crippen LogP contribution in [0.5, 0.6) is 0 Å². The number of primary sulfonamides is 1. The van der Waals surface area contributed by atoms with E-state index in [1.807, 2.05) is 0 Å². The predicted octanol–water partition coefficient (Wildman–Crippen LogP) is 1.69. The second kappa shape index (κ2) is 5.88. The molecule has 0 aliphatic heterocycles. The van der Waals surface area contributed by atoms with Gasteiger partial charge in [0.1, 0.15) is 0 Å². The number of nitrogens with two attached hydrogens (primary N) is 1. The summed E-state index contributed by atoms with van der Waals surface area (Å²) in [6, 6.07) is 2.39. The van der Waals surface area contributed by atoms with Crippen molar-refractivity contribution in [1.29, 1.82) is 0 Å². The normalized spacial score (nSPS) is 12.7. The summed E-state index contributed by atoms with van der Waals surface area (Å²) in [5.41, 5.74) is 0.550. The van der Waals surface area contributed by atoms with Crippen LogP contribution in [-0.4, -0.2) is 22.6 Å². The molecule has 1 aromatic carbocycles. The first-order chi connectivity index (χ1) is 8.92. The molecule has 1 rings (SSSR count). The molecule has 0 saturated carbocycles. The Morgan fingerprint density at radius 3 is 2.20 bits per heavy atom. The van der Waals surface area contributed by atoms with Crippen molar-refractivity contribution in [3.05, 3.63) is 22.7 Å². The number of nitrogens with one attached hydrogen (secondary N) is 1. The lowest BCUT2D eigenvalue weighted by atomic mass is 10.2. The van der Waals surface area contributed by atoms with Gasteiger partial charge in [-0.25, -0.2) is 22.0 Å². The molecule has 0 heterocycles. The minimum absolute atomic E-state index is 0.0126. The largest absolute Gasteiger partial charge is 0.282 e. The lowest BCUT2D eigenvalue weighted by molar-refractivity contribution is 0.587. The zero-order valence-corrected chi connectivity index (χ0v) is 13.7. The highest BCUT2D eigenvalue weighted by molar-refractivity contribution is 7.92. The molecule has 9 heteroatoms. The van der Waals surface area contributed by atoms with Crippen molar-refractivity contribution in [2.75, 3.05) is 10.5 Å². The number of anilines is 1. The van der Waals surface area contributed by atoms with Crippen molar-refractivity contribution in [3.63, 3.8) is 0 Å². The molecular weight excluding hydrogens is 324 g/mol. The Bertz CT molecular complexity index is 689. The maximum absolute atomic E-state index is 11.9. The fraction of sp³-hybridized carbons (Fsp3) is 0.455. The van der Waals surface area contributed by atoms with Crippen LogP contribution in [0.3, 0.4) is 0 Å². The molecule has 0 aliphatic rings. The van der Waals surface area contributed by atoms with Gasteiger partial charge in [0.2, 0.25) is 20.0 Å². The first kappa shape index (κ1) is 17.2. The van der Waals surface area contributed by atoms with Gasteiger partial charge >= 0.3 is 0 Å². The van der Waals surface area contributed by atoms with E-state index in [1.165, 1.54) is 6.07 Å². The predicted molar refractivity (Wildman–Crippen MR) is 79.8 cm³/mol. The average molecular weight is 341 g/mol. The average Bonchev–Trinajstić information content (AvgIpc) is 2.19. The summed E-state index contributed by atoms with van der Waals surface area (Å²) >= 11 is 5.94. The lowest BCUT2D eigenvalue weighted by Crippen LogP contribution is -2.21. The molecule has 6 nitrogen and oxygen atoms in total. The lowest BCUT2D eigenvalue weighted by Gasteiger charge is -2.14. The first-order valence-corrected chi connectivity index (χ1v) is 9.33. The Hall–Kier alpha value is -0.830. The number of hydrogen-bond acceptors (Lipinski definition) is 4. The van der Waals surface area contributed by atoms with Gasteiger partial charge in [0, 0.05) is 0 Å². The zero-order valence-electron chi connectivity index (χ0n) is 11.3. The van der Waals surface area contributed by atoms with Crippen molar-refractivity contribution in [2.24, 2.45) is 11.1 Å². The second-order valence-corrected chi connectivity index (χ2v) is 8.65. The summed E-state index contributed by atoms with van der Waals surface area (Å²) in [6.45, 7) is 5.10. The molecule has 0 saturated heterocycles. The summed E-state index contributed by atoms with van der Waals surface area (Å²) in [6.07, 6.45) is 0. The molecule has 0 radical (unpaired) electrons. The zero-order chi connectivity index (χ0) is 15.7. The van der Waals surface area contributed by atoms with Crippen LogP contribution in [0.15, 0.2) is 17.0 Å². The van der Waals surface area contributed by atoms with Crippen LogP contribution in [0, 0.1) is 12.8 Å². The SMILES string of the molecule is Cc1cc(S(N)(=O)=O)cc(Cl)c1NS(=O)(=O)CC(C)C. The summed E-state index contributed by atoms with van der Waals surface area (Å²) < 4.78 is 48.7. The number of benzene rings is 1. The highest BCUT2D eigenvalue weighted by Gasteiger charge is 2.19. The molecule has 0 amide bonds. The van der Waals surface area contributed by atoms with Crippen LogP contribution < -0.4 is 9.86 Å². The van der Waals surface area contributed by atoms with E-state index < -0.39 is 20.0 Å². The number of halogens is 1. The van der Waals surface area contributed by atoms with Gasteiger partial charge in [0.05, 0.1) is 21.4 Å². The fourth-order valence-electron chi connectivity index (χ4n) is 1.64. The highest BCUT2D eigenvalue weighted by Crippen LogP contribution is 2.30. The van der Waals surface area contributed by atoms with Crippen molar-refractivity contribution in [3.8, 4) is 0 Å². The summed E-state index contributed by atoms with van der Waals surface area (Å²) in [5, 5.41) is 5.00. The third-order valence-electron chi connectivity index (χ3n) is 2.40. The van der Waals surface area contributed by atoms with Gasteiger partial charge in [-0.3, -0.25) is 4.72 Å². The Morgan fingerprint density at radius 1 is 1.25 bits per heavy atom. The van der Waals surface area contributed by atoms with E-state index in [2.05, 4.69) is 4.72 Å². The van der Waals surface area contributed by atoms with E-state index in [4.69, 9.17) is 16.7 Å². The standard InChI is InChI=1S/C11H17ClN2O4S2/c1-7(2)6-19(15,16)14-11-8(3)4-9(5-10(11)12)20(13,17)18/h4-5,7,14H,6H2,1-3H3,(H2,13,17,18). The van der Waals surface area contributed by atoms with Gasteiger partial charge < -0.3 is 0 Å². The van der Waals surface area contributed by atoms with Crippen LogP contribution in [0.25, 0.3) is 0 Å². The third kappa shape index (κ3) is 4.62. The number of sulfonamides is 2. The van der Waals surface area contributed by atoms with E-state index in [1.54, 1.807) is 20.8 Å². The molecule has 1 aromatic rings. The van der Waals surface area contributed by atoms with Crippen molar-refractivity contribution in [2.45, 2.75) is 25.7 Å². The number of rotatable bonds is 5. The molecule has 0 fully saturated rings. The van der Waals surface area contributed by atoms with Gasteiger partial charge in [-0.05, 0) is 30.5 Å². The Morgan fingerprint density at radius 2 is 1.80 bits per heavy atom. The quantitative estimate of drug-likeness (QED) is 0.850. The Balaban J connectivity index is 3.23. The van der Waals surface area contributed by atoms with Crippen LogP contribution in [0.1, 0.15) is 19.4 Å². The number of aryl methyl sites for hydroxylation is 1. The Labute approximate surface area is 124 Å². The van der Waals surface area contributed by atoms with Crippen molar-refractivity contribution < 1.29 is 16.8 Å². The van der Waals surface area contributed by atoms with Gasteiger partial charge in [-0.15, -0.1) is 0 Å². The monoisotopic (exact) mass is 340 g/mol. The van der Waals surface area contributed by atoms with Crippen molar-refractivity contribution >= 4 is 37.3 Å². The van der Waals surface area contributed by atoms with Gasteiger partial charge in [-0.1, -0.05) is 25.4 Å². The van der Waals surface area contributed by atoms with Gasteiger partial charge in [-0.2, -0.15) is 0 Å². The maximum Gasteiger partial charge on any atom is 0.238 e. The number of hydrogen-bond donors (Lipinski definition) is 2. The van der Waals surface area contributed by atoms with Crippen LogP contribution in [-0.2, 0) is 20.0 Å². The maximum atomic E-state index is 11.9. The third-order valence-corrected chi connectivity index (χ3v) is 5.21. The van der Waals surface area contributed by atoms with Crippen LogP contribution in [0.2, 0.25) is 5.02 Å². The molecule has 0 aromatic heterocycles. The minimum Gasteiger partial charge on any atom is -0.282 e. The van der Waals surface area contributed by atoms with Crippen molar-refractivity contribution in [1.82, 2.24) is 0 Å². The topological polar surface area (TPSA) is 106 Å². The Kier molecular flexibility index (Phi) is 5.07. The first-order valence-electron chi connectivity index (χ1n) is 5.76. The van der Waals surface area contributed by atoms with Crippen LogP contribution >= 0.6 is 11.6 Å². The van der Waals surface area contributed by atoms with E-state index in [9.17, 15) is 16.8 Å². The molecule has 0 bridgehead atoms. The fourth-order valence-corrected chi connectivity index (χ4v) is 4.24. The molecule has 0 spiro atoms. The summed E-state index contributed by atoms with van der Waals surface area (Å²) in [4.78, 5) is -0.160. The molecular formula is C11H17ClN2O4S2. The molecule has 20 heavy (non-hydrogen) atoms. The molecule has 114 valence electrons. The smallest absolute Gasteiger partial charge is 0.238 e. The molecule has 0 aliphatic carbocycles. The van der Waals surface area contributed by atoms with E-state index in [-0.39, 0.29) is 27.3 Å². The minimum atomic E-state index is -3.89. The molecule has 0 unspecified atom stereocenters. The summed E-state index contributed by atoms with van der Waals surface area (Å²) in [7, 11) is -7.43. The molecule has 0 atom stereocenters. The van der Waals surface area contributed by atoms with Gasteiger partial charge in [0.25, 0.3) is 0 Å². The van der Waals surface area contributed by atoms with E-state index in [0.717, 1.165) is 6.07 Å². The van der Waals surface area contributed by atoms with Crippen LogP contribution in [0.4, 0.5) is 5.69 Å².